The van der Waals surface area contributed by atoms with Gasteiger partial charge >= 0.3 is 0 Å². The van der Waals surface area contributed by atoms with E-state index < -0.39 is 0 Å². The van der Waals surface area contributed by atoms with Crippen LogP contribution in [-0.4, -0.2) is 49.9 Å². The highest BCUT2D eigenvalue weighted by Gasteiger charge is 2.36. The molecule has 2 rings (SSSR count). The first-order valence-electron chi connectivity index (χ1n) is 7.38. The van der Waals surface area contributed by atoms with Gasteiger partial charge in [0.05, 0.1) is 7.11 Å². The maximum atomic E-state index is 13.7. The Balaban J connectivity index is 0.00000242. The third-order valence-electron chi connectivity index (χ3n) is 4.16. The molecule has 0 aliphatic carbocycles. The molecule has 1 aromatic rings. The molecule has 0 unspecified atom stereocenters. The first kappa shape index (κ1) is 19.2. The van der Waals surface area contributed by atoms with Crippen LogP contribution in [0.25, 0.3) is 0 Å². The van der Waals surface area contributed by atoms with Gasteiger partial charge < -0.3 is 15.2 Å². The second-order valence-corrected chi connectivity index (χ2v) is 6.23. The van der Waals surface area contributed by atoms with Crippen molar-refractivity contribution in [3.8, 4) is 5.75 Å². The Kier molecular flexibility index (Phi) is 7.06. The van der Waals surface area contributed by atoms with Crippen molar-refractivity contribution < 1.29 is 14.2 Å². The molecule has 22 heavy (non-hydrogen) atoms. The van der Waals surface area contributed by atoms with E-state index in [1.54, 1.807) is 12.1 Å². The summed E-state index contributed by atoms with van der Waals surface area (Å²) < 4.78 is 18.8. The van der Waals surface area contributed by atoms with Crippen LogP contribution < -0.4 is 10.1 Å². The van der Waals surface area contributed by atoms with Gasteiger partial charge in [-0.05, 0) is 17.7 Å². The topological polar surface area (TPSA) is 44.7 Å². The average Bonchev–Trinajstić information content (AvgIpc) is 2.50. The van der Waals surface area contributed by atoms with Crippen molar-refractivity contribution in [1.29, 1.82) is 0 Å². The number of hydrogen-bond donors (Lipinski definition) is 2. The van der Waals surface area contributed by atoms with Crippen LogP contribution in [0.2, 0.25) is 0 Å². The first-order chi connectivity index (χ1) is 9.99. The van der Waals surface area contributed by atoms with Crippen LogP contribution in [0.5, 0.6) is 5.75 Å². The largest absolute Gasteiger partial charge is 0.494 e. The van der Waals surface area contributed by atoms with E-state index in [0.29, 0.717) is 0 Å². The number of piperazine rings is 1. The molecule has 0 spiro atoms. The van der Waals surface area contributed by atoms with Crippen LogP contribution in [0.15, 0.2) is 18.2 Å². The Morgan fingerprint density at radius 3 is 2.55 bits per heavy atom. The van der Waals surface area contributed by atoms with E-state index in [4.69, 9.17) is 4.74 Å². The molecule has 0 saturated carbocycles. The van der Waals surface area contributed by atoms with Crippen molar-refractivity contribution in [2.45, 2.75) is 19.9 Å². The summed E-state index contributed by atoms with van der Waals surface area (Å²) in [7, 11) is 1.47. The second kappa shape index (κ2) is 8.11. The van der Waals surface area contributed by atoms with Crippen molar-refractivity contribution in [3.05, 3.63) is 29.6 Å². The maximum absolute atomic E-state index is 13.7. The fourth-order valence-corrected chi connectivity index (χ4v) is 3.03. The highest BCUT2D eigenvalue weighted by Crippen LogP contribution is 2.39. The van der Waals surface area contributed by atoms with Crippen LogP contribution in [0.4, 0.5) is 4.39 Å². The van der Waals surface area contributed by atoms with Crippen molar-refractivity contribution >= 4 is 12.4 Å². The lowest BCUT2D eigenvalue weighted by Gasteiger charge is -2.43. The second-order valence-electron chi connectivity index (χ2n) is 6.23. The Labute approximate surface area is 138 Å². The summed E-state index contributed by atoms with van der Waals surface area (Å²) in [5.74, 6) is -0.108. The number of methoxy groups -OCH3 is 1. The molecule has 126 valence electrons. The van der Waals surface area contributed by atoms with Gasteiger partial charge in [-0.15, -0.1) is 12.4 Å². The lowest BCUT2D eigenvalue weighted by Crippen LogP contribution is -2.49. The summed E-state index contributed by atoms with van der Waals surface area (Å²) in [6.45, 7) is 7.82. The lowest BCUT2D eigenvalue weighted by molar-refractivity contribution is 0.0304. The van der Waals surface area contributed by atoms with Crippen LogP contribution >= 0.6 is 12.4 Å². The number of rotatable bonds is 5. The number of nitrogens with zero attached hydrogens (tertiary/aromatic N) is 1. The van der Waals surface area contributed by atoms with Gasteiger partial charge in [-0.1, -0.05) is 19.9 Å². The summed E-state index contributed by atoms with van der Waals surface area (Å²) in [5, 5.41) is 13.1. The van der Waals surface area contributed by atoms with Crippen LogP contribution in [-0.2, 0) is 0 Å². The molecule has 0 radical (unpaired) electrons. The van der Waals surface area contributed by atoms with Gasteiger partial charge in [-0.25, -0.2) is 4.39 Å². The third kappa shape index (κ3) is 4.10. The summed E-state index contributed by atoms with van der Waals surface area (Å²) in [4.78, 5) is 2.35. The van der Waals surface area contributed by atoms with Gasteiger partial charge in [-0.3, -0.25) is 4.90 Å². The molecule has 1 aliphatic heterocycles. The van der Waals surface area contributed by atoms with Crippen LogP contribution in [0.1, 0.15) is 25.5 Å². The highest BCUT2D eigenvalue weighted by molar-refractivity contribution is 5.85. The van der Waals surface area contributed by atoms with Crippen LogP contribution in [0.3, 0.4) is 0 Å². The highest BCUT2D eigenvalue weighted by atomic mass is 35.5. The zero-order valence-electron chi connectivity index (χ0n) is 13.4. The molecule has 4 nitrogen and oxygen atoms in total. The molecule has 0 aromatic heterocycles. The van der Waals surface area contributed by atoms with E-state index >= 15 is 0 Å². The molecular weight excluding hydrogens is 307 g/mol. The zero-order valence-corrected chi connectivity index (χ0v) is 14.3. The maximum Gasteiger partial charge on any atom is 0.165 e. The van der Waals surface area contributed by atoms with Crippen molar-refractivity contribution in [1.82, 2.24) is 10.2 Å². The first-order valence-corrected chi connectivity index (χ1v) is 7.38. The standard InChI is InChI=1S/C16H25FN2O2.ClH/c1-16(2,11-20)15(19-8-6-18-7-9-19)12-4-5-13(17)14(10-12)21-3;/h4-5,10,15,18,20H,6-9,11H2,1-3H3;1H/t15-;/m1./s1. The number of aliphatic hydroxyl groups excluding tert-OH is 1. The normalized spacial score (nSPS) is 17.7. The quantitative estimate of drug-likeness (QED) is 0.868. The number of ether oxygens (including phenoxy) is 1. The van der Waals surface area contributed by atoms with Crippen molar-refractivity contribution in [2.75, 3.05) is 39.9 Å². The third-order valence-corrected chi connectivity index (χ3v) is 4.16. The Hall–Kier alpha value is -0.880. The van der Waals surface area contributed by atoms with Crippen molar-refractivity contribution in [3.63, 3.8) is 0 Å². The van der Waals surface area contributed by atoms with Gasteiger partial charge in [0.2, 0.25) is 0 Å². The minimum Gasteiger partial charge on any atom is -0.494 e. The SMILES string of the molecule is COc1cc([C@@H](N2CCNCC2)C(C)(C)CO)ccc1F.Cl. The van der Waals surface area contributed by atoms with Gasteiger partial charge in [0, 0.05) is 44.2 Å². The smallest absolute Gasteiger partial charge is 0.165 e. The molecule has 1 heterocycles. The van der Waals surface area contributed by atoms with Gasteiger partial charge in [0.15, 0.2) is 11.6 Å². The van der Waals surface area contributed by atoms with Crippen LogP contribution in [0, 0.1) is 11.2 Å². The Morgan fingerprint density at radius 1 is 1.36 bits per heavy atom. The summed E-state index contributed by atoms with van der Waals surface area (Å²) in [5.41, 5.74) is 0.661. The van der Waals surface area contributed by atoms with Crippen molar-refractivity contribution in [2.24, 2.45) is 5.41 Å². The number of aliphatic hydroxyl groups is 1. The van der Waals surface area contributed by atoms with E-state index in [1.165, 1.54) is 13.2 Å². The van der Waals surface area contributed by atoms with Gasteiger partial charge in [0.1, 0.15) is 0 Å². The molecule has 1 aromatic carbocycles. The molecule has 1 fully saturated rings. The predicted octanol–water partition coefficient (Wildman–Crippen LogP) is 2.22. The van der Waals surface area contributed by atoms with E-state index in [-0.39, 0.29) is 42.0 Å². The molecule has 0 amide bonds. The molecule has 6 heteroatoms. The zero-order chi connectivity index (χ0) is 15.5. The summed E-state index contributed by atoms with van der Waals surface area (Å²) in [6, 6.07) is 5.01. The predicted molar refractivity (Wildman–Crippen MR) is 88.3 cm³/mol. The summed E-state index contributed by atoms with van der Waals surface area (Å²) in [6.07, 6.45) is 0. The molecule has 1 atom stereocenters. The number of hydrogen-bond acceptors (Lipinski definition) is 4. The monoisotopic (exact) mass is 332 g/mol. The van der Waals surface area contributed by atoms with Gasteiger partial charge in [-0.2, -0.15) is 0 Å². The number of nitrogens with one attached hydrogen (secondary N) is 1. The van der Waals surface area contributed by atoms with E-state index in [0.717, 1.165) is 31.7 Å². The molecule has 0 bridgehead atoms. The fraction of sp³-hybridized carbons (Fsp3) is 0.625. The fourth-order valence-electron chi connectivity index (χ4n) is 3.03. The molecule has 2 N–H and O–H groups in total. The Morgan fingerprint density at radius 2 is 2.00 bits per heavy atom. The molecule has 1 aliphatic rings. The average molecular weight is 333 g/mol. The minimum atomic E-state index is -0.359. The minimum absolute atomic E-state index is 0. The molecular formula is C16H26ClFN2O2. The number of halogens is 2. The summed E-state index contributed by atoms with van der Waals surface area (Å²) >= 11 is 0. The van der Waals surface area contributed by atoms with E-state index in [9.17, 15) is 9.50 Å². The Bertz CT molecular complexity index is 479. The number of benzene rings is 1. The van der Waals surface area contributed by atoms with E-state index in [2.05, 4.69) is 10.2 Å². The van der Waals surface area contributed by atoms with E-state index in [1.807, 2.05) is 13.8 Å². The van der Waals surface area contributed by atoms with Gasteiger partial charge in [0.25, 0.3) is 0 Å². The lowest BCUT2D eigenvalue weighted by atomic mass is 9.79. The molecule has 1 saturated heterocycles.